The Morgan fingerprint density at radius 3 is 2.31 bits per heavy atom. The van der Waals surface area contributed by atoms with Gasteiger partial charge >= 0.3 is 6.18 Å². The Morgan fingerprint density at radius 1 is 0.857 bits per heavy atom. The van der Waals surface area contributed by atoms with Crippen LogP contribution in [0.3, 0.4) is 0 Å². The Labute approximate surface area is 239 Å². The predicted octanol–water partition coefficient (Wildman–Crippen LogP) is 7.02. The molecule has 0 bridgehead atoms. The average molecular weight is 570 g/mol. The van der Waals surface area contributed by atoms with E-state index in [0.717, 1.165) is 17.8 Å². The van der Waals surface area contributed by atoms with Gasteiger partial charge in [0.2, 0.25) is 0 Å². The van der Waals surface area contributed by atoms with E-state index >= 15 is 0 Å². The van der Waals surface area contributed by atoms with Crippen molar-refractivity contribution in [2.45, 2.75) is 32.5 Å². The van der Waals surface area contributed by atoms with Gasteiger partial charge in [-0.25, -0.2) is 0 Å². The molecule has 1 unspecified atom stereocenters. The first-order valence-electron chi connectivity index (χ1n) is 13.2. The van der Waals surface area contributed by atoms with Crippen molar-refractivity contribution in [3.05, 3.63) is 119 Å². The standard InChI is InChI=1S/C32H26F3N5O2/c1-3-26-25(31(42)38-19(2)27-8-4-5-15-36-27)17-21-11-14-23(18-28(21)40-26)39-30(41)24-7-6-16-37-29(24)20-9-12-22(13-10-20)32(33,34)35/h4-19H,3H2,1-2H3,(H,38,42)(H,39,41). The average Bonchev–Trinajstić information content (AvgIpc) is 3.00. The summed E-state index contributed by atoms with van der Waals surface area (Å²) in [5.41, 5.74) is 2.91. The fraction of sp³-hybridized carbons (Fsp3) is 0.156. The Balaban J connectivity index is 1.38. The second-order valence-corrected chi connectivity index (χ2v) is 9.62. The van der Waals surface area contributed by atoms with Crippen molar-refractivity contribution in [3.8, 4) is 11.3 Å². The highest BCUT2D eigenvalue weighted by Gasteiger charge is 2.30. The molecule has 2 N–H and O–H groups in total. The minimum absolute atomic E-state index is 0.202. The quantitative estimate of drug-likeness (QED) is 0.220. The fourth-order valence-electron chi connectivity index (χ4n) is 4.57. The lowest BCUT2D eigenvalue weighted by Crippen LogP contribution is -2.28. The molecule has 10 heteroatoms. The summed E-state index contributed by atoms with van der Waals surface area (Å²) in [5.74, 6) is -0.739. The third kappa shape index (κ3) is 6.12. The van der Waals surface area contributed by atoms with E-state index in [-0.39, 0.29) is 23.2 Å². The Kier molecular flexibility index (Phi) is 7.97. The van der Waals surface area contributed by atoms with E-state index in [0.29, 0.717) is 39.8 Å². The topological polar surface area (TPSA) is 96.9 Å². The van der Waals surface area contributed by atoms with E-state index in [1.54, 1.807) is 42.6 Å². The third-order valence-corrected chi connectivity index (χ3v) is 6.75. The minimum Gasteiger partial charge on any atom is -0.344 e. The predicted molar refractivity (Wildman–Crippen MR) is 154 cm³/mol. The number of nitrogens with one attached hydrogen (secondary N) is 2. The third-order valence-electron chi connectivity index (χ3n) is 6.75. The van der Waals surface area contributed by atoms with Crippen LogP contribution in [0.5, 0.6) is 0 Å². The zero-order valence-corrected chi connectivity index (χ0v) is 22.7. The zero-order chi connectivity index (χ0) is 29.9. The number of pyridine rings is 3. The number of nitrogens with zero attached hydrogens (tertiary/aromatic N) is 3. The van der Waals surface area contributed by atoms with E-state index in [4.69, 9.17) is 4.98 Å². The molecule has 0 spiro atoms. The van der Waals surface area contributed by atoms with Gasteiger partial charge in [0.05, 0.1) is 45.3 Å². The summed E-state index contributed by atoms with van der Waals surface area (Å²) in [6.07, 6.45) is -0.805. The molecular weight excluding hydrogens is 543 g/mol. The Hall–Kier alpha value is -5.12. The monoisotopic (exact) mass is 569 g/mol. The molecule has 0 fully saturated rings. The maximum absolute atomic E-state index is 13.2. The number of alkyl halides is 3. The highest BCUT2D eigenvalue weighted by Crippen LogP contribution is 2.31. The minimum atomic E-state index is -4.47. The number of fused-ring (bicyclic) bond motifs is 1. The lowest BCUT2D eigenvalue weighted by molar-refractivity contribution is -0.137. The van der Waals surface area contributed by atoms with Gasteiger partial charge < -0.3 is 10.6 Å². The number of anilines is 1. The van der Waals surface area contributed by atoms with E-state index < -0.39 is 17.6 Å². The number of benzene rings is 2. The number of amides is 2. The molecule has 2 amide bonds. The van der Waals surface area contributed by atoms with Crippen LogP contribution in [0.2, 0.25) is 0 Å². The second kappa shape index (κ2) is 11.8. The van der Waals surface area contributed by atoms with Crippen molar-refractivity contribution >= 4 is 28.4 Å². The second-order valence-electron chi connectivity index (χ2n) is 9.62. The van der Waals surface area contributed by atoms with Crippen molar-refractivity contribution in [3.63, 3.8) is 0 Å². The van der Waals surface area contributed by atoms with Crippen LogP contribution in [0, 0.1) is 0 Å². The molecule has 42 heavy (non-hydrogen) atoms. The van der Waals surface area contributed by atoms with E-state index in [1.807, 2.05) is 32.0 Å². The molecule has 2 aromatic carbocycles. The van der Waals surface area contributed by atoms with Gasteiger partial charge in [-0.3, -0.25) is 24.5 Å². The van der Waals surface area contributed by atoms with Gasteiger partial charge in [0.1, 0.15) is 0 Å². The van der Waals surface area contributed by atoms with Gasteiger partial charge in [0.15, 0.2) is 0 Å². The van der Waals surface area contributed by atoms with Crippen molar-refractivity contribution in [1.29, 1.82) is 0 Å². The smallest absolute Gasteiger partial charge is 0.344 e. The number of aryl methyl sites for hydroxylation is 1. The lowest BCUT2D eigenvalue weighted by Gasteiger charge is -2.16. The van der Waals surface area contributed by atoms with Gasteiger partial charge in [-0.05, 0) is 67.9 Å². The number of hydrogen-bond donors (Lipinski definition) is 2. The van der Waals surface area contributed by atoms with Crippen LogP contribution < -0.4 is 10.6 Å². The van der Waals surface area contributed by atoms with E-state index in [2.05, 4.69) is 20.6 Å². The molecular formula is C32H26F3N5O2. The largest absolute Gasteiger partial charge is 0.416 e. The molecule has 212 valence electrons. The van der Waals surface area contributed by atoms with Crippen LogP contribution in [0.1, 0.15) is 57.6 Å². The molecule has 0 radical (unpaired) electrons. The zero-order valence-electron chi connectivity index (χ0n) is 22.7. The number of aromatic nitrogens is 3. The van der Waals surface area contributed by atoms with Gasteiger partial charge in [-0.2, -0.15) is 13.2 Å². The summed E-state index contributed by atoms with van der Waals surface area (Å²) in [4.78, 5) is 39.6. The van der Waals surface area contributed by atoms with Crippen LogP contribution >= 0.6 is 0 Å². The maximum Gasteiger partial charge on any atom is 0.416 e. The number of halogens is 3. The van der Waals surface area contributed by atoms with Crippen molar-refractivity contribution < 1.29 is 22.8 Å². The molecule has 0 aliphatic heterocycles. The van der Waals surface area contributed by atoms with Crippen LogP contribution in [0.4, 0.5) is 18.9 Å². The van der Waals surface area contributed by atoms with Gasteiger partial charge in [0, 0.05) is 29.0 Å². The lowest BCUT2D eigenvalue weighted by atomic mass is 10.0. The van der Waals surface area contributed by atoms with Crippen LogP contribution in [0.25, 0.3) is 22.2 Å². The van der Waals surface area contributed by atoms with Gasteiger partial charge in [0.25, 0.3) is 11.8 Å². The summed E-state index contributed by atoms with van der Waals surface area (Å²) in [6.45, 7) is 3.77. The van der Waals surface area contributed by atoms with Gasteiger partial charge in [-0.15, -0.1) is 0 Å². The molecule has 0 aliphatic rings. The summed E-state index contributed by atoms with van der Waals surface area (Å²) < 4.78 is 39.0. The summed E-state index contributed by atoms with van der Waals surface area (Å²) in [6, 6.07) is 19.8. The Bertz CT molecular complexity index is 1760. The van der Waals surface area contributed by atoms with E-state index in [1.165, 1.54) is 18.3 Å². The number of carbonyl (C=O) groups is 2. The summed E-state index contributed by atoms with van der Waals surface area (Å²) >= 11 is 0. The van der Waals surface area contributed by atoms with Crippen LogP contribution in [-0.2, 0) is 12.6 Å². The molecule has 5 rings (SSSR count). The van der Waals surface area contributed by atoms with Crippen LogP contribution in [-0.4, -0.2) is 26.8 Å². The number of carbonyl (C=O) groups excluding carboxylic acids is 2. The van der Waals surface area contributed by atoms with Crippen molar-refractivity contribution in [2.24, 2.45) is 0 Å². The summed E-state index contributed by atoms with van der Waals surface area (Å²) in [7, 11) is 0. The SMILES string of the molecule is CCc1nc2cc(NC(=O)c3cccnc3-c3ccc(C(F)(F)F)cc3)ccc2cc1C(=O)NC(C)c1ccccn1. The normalized spacial score (nSPS) is 12.1. The molecule has 1 atom stereocenters. The van der Waals surface area contributed by atoms with Crippen LogP contribution in [0.15, 0.2) is 91.3 Å². The molecule has 0 saturated heterocycles. The van der Waals surface area contributed by atoms with Gasteiger partial charge in [-0.1, -0.05) is 31.2 Å². The fourth-order valence-corrected chi connectivity index (χ4v) is 4.57. The summed E-state index contributed by atoms with van der Waals surface area (Å²) in [5, 5.41) is 6.52. The van der Waals surface area contributed by atoms with Crippen molar-refractivity contribution in [2.75, 3.05) is 5.32 Å². The first-order chi connectivity index (χ1) is 20.1. The number of rotatable bonds is 7. The Morgan fingerprint density at radius 2 is 1.62 bits per heavy atom. The molecule has 3 heterocycles. The first kappa shape index (κ1) is 28.4. The highest BCUT2D eigenvalue weighted by atomic mass is 19.4. The molecule has 0 saturated carbocycles. The molecule has 7 nitrogen and oxygen atoms in total. The van der Waals surface area contributed by atoms with E-state index in [9.17, 15) is 22.8 Å². The van der Waals surface area contributed by atoms with Crippen molar-refractivity contribution in [1.82, 2.24) is 20.3 Å². The highest BCUT2D eigenvalue weighted by molar-refractivity contribution is 6.08. The first-order valence-corrected chi connectivity index (χ1v) is 13.2. The molecule has 5 aromatic rings. The molecule has 0 aliphatic carbocycles. The molecule has 3 aromatic heterocycles. The maximum atomic E-state index is 13.2. The number of hydrogen-bond acceptors (Lipinski definition) is 5.